The summed E-state index contributed by atoms with van der Waals surface area (Å²) in [6.07, 6.45) is 1.10. The van der Waals surface area contributed by atoms with Gasteiger partial charge in [0.05, 0.1) is 7.11 Å². The molecule has 1 atom stereocenters. The first kappa shape index (κ1) is 16.7. The molecule has 0 bridgehead atoms. The van der Waals surface area contributed by atoms with Gasteiger partial charge in [0, 0.05) is 24.2 Å². The Balaban J connectivity index is 2.42. The van der Waals surface area contributed by atoms with Crippen LogP contribution in [0.15, 0.2) is 18.2 Å². The number of benzene rings is 1. The summed E-state index contributed by atoms with van der Waals surface area (Å²) >= 11 is 0. The van der Waals surface area contributed by atoms with E-state index in [-0.39, 0.29) is 18.2 Å². The third-order valence-electron chi connectivity index (χ3n) is 2.81. The predicted octanol–water partition coefficient (Wildman–Crippen LogP) is 2.60. The van der Waals surface area contributed by atoms with Gasteiger partial charge in [-0.2, -0.15) is 0 Å². The predicted molar refractivity (Wildman–Crippen MR) is 76.1 cm³/mol. The topological polar surface area (TPSA) is 87.7 Å². The number of halogens is 1. The SMILES string of the molecule is COc1ccc(NC(=O)NC(C)CCCC(=O)O)cc1F. The number of nitrogens with one attached hydrogen (secondary N) is 2. The smallest absolute Gasteiger partial charge is 0.319 e. The first-order valence-electron chi connectivity index (χ1n) is 6.55. The number of rotatable bonds is 7. The van der Waals surface area contributed by atoms with Crippen LogP contribution in [0.5, 0.6) is 5.75 Å². The van der Waals surface area contributed by atoms with Crippen molar-refractivity contribution in [2.45, 2.75) is 32.2 Å². The highest BCUT2D eigenvalue weighted by Crippen LogP contribution is 2.20. The molecule has 0 aromatic heterocycles. The zero-order valence-electron chi connectivity index (χ0n) is 12.0. The quantitative estimate of drug-likeness (QED) is 0.722. The van der Waals surface area contributed by atoms with Crippen molar-refractivity contribution in [1.29, 1.82) is 0 Å². The summed E-state index contributed by atoms with van der Waals surface area (Å²) in [7, 11) is 1.36. The highest BCUT2D eigenvalue weighted by Gasteiger charge is 2.10. The van der Waals surface area contributed by atoms with Crippen molar-refractivity contribution < 1.29 is 23.8 Å². The van der Waals surface area contributed by atoms with E-state index in [9.17, 15) is 14.0 Å². The number of ether oxygens (including phenoxy) is 1. The lowest BCUT2D eigenvalue weighted by atomic mass is 10.1. The fourth-order valence-electron chi connectivity index (χ4n) is 1.77. The minimum Gasteiger partial charge on any atom is -0.494 e. The maximum atomic E-state index is 13.5. The Bertz CT molecular complexity index is 508. The van der Waals surface area contributed by atoms with Gasteiger partial charge in [-0.3, -0.25) is 4.79 Å². The number of carbonyl (C=O) groups excluding carboxylic acids is 1. The van der Waals surface area contributed by atoms with Crippen LogP contribution >= 0.6 is 0 Å². The van der Waals surface area contributed by atoms with Crippen molar-refractivity contribution in [3.8, 4) is 5.75 Å². The number of hydrogen-bond acceptors (Lipinski definition) is 3. The van der Waals surface area contributed by atoms with Gasteiger partial charge >= 0.3 is 12.0 Å². The van der Waals surface area contributed by atoms with E-state index >= 15 is 0 Å². The van der Waals surface area contributed by atoms with Crippen molar-refractivity contribution in [3.05, 3.63) is 24.0 Å². The number of anilines is 1. The van der Waals surface area contributed by atoms with E-state index in [0.29, 0.717) is 18.5 Å². The number of methoxy groups -OCH3 is 1. The van der Waals surface area contributed by atoms with E-state index < -0.39 is 17.8 Å². The van der Waals surface area contributed by atoms with Crippen LogP contribution in [0.25, 0.3) is 0 Å². The zero-order chi connectivity index (χ0) is 15.8. The first-order valence-corrected chi connectivity index (χ1v) is 6.55. The number of carboxylic acid groups (broad SMARTS) is 1. The molecular formula is C14H19FN2O4. The maximum absolute atomic E-state index is 13.5. The largest absolute Gasteiger partial charge is 0.494 e. The second-order valence-electron chi connectivity index (χ2n) is 4.63. The van der Waals surface area contributed by atoms with Crippen LogP contribution in [-0.4, -0.2) is 30.3 Å². The Morgan fingerprint density at radius 3 is 2.71 bits per heavy atom. The molecule has 0 saturated carbocycles. The maximum Gasteiger partial charge on any atom is 0.319 e. The summed E-state index contributed by atoms with van der Waals surface area (Å²) in [6, 6.07) is 3.46. The standard InChI is InChI=1S/C14H19FN2O4/c1-9(4-3-5-13(18)19)16-14(20)17-10-6-7-12(21-2)11(15)8-10/h6-9H,3-5H2,1-2H3,(H,18,19)(H2,16,17,20). The Morgan fingerprint density at radius 2 is 2.14 bits per heavy atom. The van der Waals surface area contributed by atoms with Gasteiger partial charge in [0.25, 0.3) is 0 Å². The van der Waals surface area contributed by atoms with Gasteiger partial charge in [0.1, 0.15) is 0 Å². The summed E-state index contributed by atoms with van der Waals surface area (Å²) < 4.78 is 18.2. The average Bonchev–Trinajstić information content (AvgIpc) is 2.38. The molecule has 7 heteroatoms. The van der Waals surface area contributed by atoms with Crippen molar-refractivity contribution in [3.63, 3.8) is 0 Å². The number of urea groups is 1. The first-order chi connectivity index (χ1) is 9.92. The lowest BCUT2D eigenvalue weighted by molar-refractivity contribution is -0.137. The van der Waals surface area contributed by atoms with Crippen LogP contribution < -0.4 is 15.4 Å². The molecule has 116 valence electrons. The number of hydrogen-bond donors (Lipinski definition) is 3. The molecule has 3 N–H and O–H groups in total. The summed E-state index contributed by atoms with van der Waals surface area (Å²) in [5, 5.41) is 13.7. The summed E-state index contributed by atoms with van der Waals surface area (Å²) in [4.78, 5) is 22.1. The summed E-state index contributed by atoms with van der Waals surface area (Å²) in [5.74, 6) is -1.33. The van der Waals surface area contributed by atoms with Gasteiger partial charge < -0.3 is 20.5 Å². The van der Waals surface area contributed by atoms with Gasteiger partial charge in [0.2, 0.25) is 0 Å². The molecule has 0 aliphatic heterocycles. The van der Waals surface area contributed by atoms with Crippen molar-refractivity contribution in [2.75, 3.05) is 12.4 Å². The molecule has 1 aromatic carbocycles. The van der Waals surface area contributed by atoms with Crippen LogP contribution in [-0.2, 0) is 4.79 Å². The molecule has 0 aliphatic rings. The van der Waals surface area contributed by atoms with E-state index in [1.54, 1.807) is 6.92 Å². The molecule has 0 fully saturated rings. The zero-order valence-corrected chi connectivity index (χ0v) is 12.0. The molecular weight excluding hydrogens is 279 g/mol. The van der Waals surface area contributed by atoms with Crippen molar-refractivity contribution in [1.82, 2.24) is 5.32 Å². The van der Waals surface area contributed by atoms with E-state index in [0.717, 1.165) is 6.07 Å². The Labute approximate surface area is 122 Å². The third kappa shape index (κ3) is 6.11. The van der Waals surface area contributed by atoms with Gasteiger partial charge in [-0.1, -0.05) is 0 Å². The molecule has 21 heavy (non-hydrogen) atoms. The molecule has 1 aromatic rings. The number of carboxylic acids is 1. The molecule has 0 spiro atoms. The van der Waals surface area contributed by atoms with Crippen LogP contribution in [0, 0.1) is 5.82 Å². The Kier molecular flexibility index (Phi) is 6.45. The molecule has 0 heterocycles. The van der Waals surface area contributed by atoms with E-state index in [1.807, 2.05) is 0 Å². The lowest BCUT2D eigenvalue weighted by Gasteiger charge is -2.14. The number of amides is 2. The minimum atomic E-state index is -0.861. The highest BCUT2D eigenvalue weighted by atomic mass is 19.1. The van der Waals surface area contributed by atoms with Crippen LogP contribution in [0.4, 0.5) is 14.9 Å². The van der Waals surface area contributed by atoms with Gasteiger partial charge in [-0.25, -0.2) is 9.18 Å². The number of carbonyl (C=O) groups is 2. The van der Waals surface area contributed by atoms with E-state index in [4.69, 9.17) is 9.84 Å². The number of aliphatic carboxylic acids is 1. The molecule has 1 unspecified atom stereocenters. The summed E-state index contributed by atoms with van der Waals surface area (Å²) in [5.41, 5.74) is 0.309. The highest BCUT2D eigenvalue weighted by molar-refractivity contribution is 5.89. The normalized spacial score (nSPS) is 11.6. The van der Waals surface area contributed by atoms with Crippen LogP contribution in [0.3, 0.4) is 0 Å². The van der Waals surface area contributed by atoms with Gasteiger partial charge in [-0.15, -0.1) is 0 Å². The third-order valence-corrected chi connectivity index (χ3v) is 2.81. The second kappa shape index (κ2) is 8.08. The van der Waals surface area contributed by atoms with E-state index in [2.05, 4.69) is 10.6 Å². The average molecular weight is 298 g/mol. The molecule has 0 saturated heterocycles. The molecule has 2 amide bonds. The second-order valence-corrected chi connectivity index (χ2v) is 4.63. The van der Waals surface area contributed by atoms with E-state index in [1.165, 1.54) is 19.2 Å². The molecule has 0 radical (unpaired) electrons. The Morgan fingerprint density at radius 1 is 1.43 bits per heavy atom. The Hall–Kier alpha value is -2.31. The van der Waals surface area contributed by atoms with Crippen LogP contribution in [0.1, 0.15) is 26.2 Å². The van der Waals surface area contributed by atoms with Gasteiger partial charge in [0.15, 0.2) is 11.6 Å². The monoisotopic (exact) mass is 298 g/mol. The minimum absolute atomic E-state index is 0.0668. The fraction of sp³-hybridized carbons (Fsp3) is 0.429. The lowest BCUT2D eigenvalue weighted by Crippen LogP contribution is -2.36. The molecule has 0 aliphatic carbocycles. The molecule has 1 rings (SSSR count). The summed E-state index contributed by atoms with van der Waals surface area (Å²) in [6.45, 7) is 1.77. The molecule has 6 nitrogen and oxygen atoms in total. The van der Waals surface area contributed by atoms with Gasteiger partial charge in [-0.05, 0) is 31.9 Å². The van der Waals surface area contributed by atoms with Crippen molar-refractivity contribution >= 4 is 17.7 Å². The van der Waals surface area contributed by atoms with Crippen molar-refractivity contribution in [2.24, 2.45) is 0 Å². The van der Waals surface area contributed by atoms with Crippen LogP contribution in [0.2, 0.25) is 0 Å². The fourth-order valence-corrected chi connectivity index (χ4v) is 1.77.